The fraction of sp³-hybridized carbons (Fsp3) is 0.250. The van der Waals surface area contributed by atoms with Crippen molar-refractivity contribution in [2.45, 2.75) is 26.4 Å². The molecule has 0 spiro atoms. The molecule has 0 aromatic heterocycles. The lowest BCUT2D eigenvalue weighted by Crippen LogP contribution is -2.18. The lowest BCUT2D eigenvalue weighted by Gasteiger charge is -2.14. The largest absolute Gasteiger partial charge is 0.306 e. The molecule has 0 saturated carbocycles. The lowest BCUT2D eigenvalue weighted by molar-refractivity contribution is -0.385. The van der Waals surface area contributed by atoms with Crippen molar-refractivity contribution in [1.29, 1.82) is 0 Å². The Morgan fingerprint density at radius 1 is 1.24 bits per heavy atom. The molecule has 0 aliphatic rings. The van der Waals surface area contributed by atoms with Crippen LogP contribution in [0.2, 0.25) is 0 Å². The van der Waals surface area contributed by atoms with Crippen molar-refractivity contribution in [3.63, 3.8) is 0 Å². The highest BCUT2D eigenvalue weighted by atomic mass is 19.1. The molecular formula is C16H17FN2O2. The molecule has 2 aromatic rings. The molecule has 21 heavy (non-hydrogen) atoms. The van der Waals surface area contributed by atoms with Crippen LogP contribution < -0.4 is 5.32 Å². The van der Waals surface area contributed by atoms with E-state index in [1.54, 1.807) is 31.2 Å². The summed E-state index contributed by atoms with van der Waals surface area (Å²) in [6.07, 6.45) is 0. The smallest absolute Gasteiger partial charge is 0.272 e. The van der Waals surface area contributed by atoms with Crippen molar-refractivity contribution in [1.82, 2.24) is 5.32 Å². The molecule has 1 atom stereocenters. The van der Waals surface area contributed by atoms with Gasteiger partial charge in [-0.05, 0) is 37.1 Å². The van der Waals surface area contributed by atoms with Gasteiger partial charge in [0.05, 0.1) is 4.92 Å². The molecular weight excluding hydrogens is 271 g/mol. The van der Waals surface area contributed by atoms with Crippen LogP contribution in [0.4, 0.5) is 10.1 Å². The number of benzene rings is 2. The van der Waals surface area contributed by atoms with Crippen molar-refractivity contribution < 1.29 is 9.31 Å². The van der Waals surface area contributed by atoms with Crippen molar-refractivity contribution in [3.05, 3.63) is 75.1 Å². The fourth-order valence-electron chi connectivity index (χ4n) is 2.10. The van der Waals surface area contributed by atoms with E-state index < -0.39 is 0 Å². The first kappa shape index (κ1) is 15.1. The van der Waals surface area contributed by atoms with E-state index in [0.29, 0.717) is 12.1 Å². The van der Waals surface area contributed by atoms with Gasteiger partial charge in [0.1, 0.15) is 5.82 Å². The fourth-order valence-corrected chi connectivity index (χ4v) is 2.10. The second-order valence-electron chi connectivity index (χ2n) is 5.03. The van der Waals surface area contributed by atoms with Gasteiger partial charge in [-0.2, -0.15) is 0 Å². The molecule has 4 nitrogen and oxygen atoms in total. The normalized spacial score (nSPS) is 12.1. The molecule has 2 aromatic carbocycles. The van der Waals surface area contributed by atoms with E-state index in [1.807, 2.05) is 13.0 Å². The zero-order valence-corrected chi connectivity index (χ0v) is 12.0. The Morgan fingerprint density at radius 3 is 2.52 bits per heavy atom. The molecule has 2 rings (SSSR count). The SMILES string of the molecule is Cc1ccc(CN[C@@H](C)c2ccc(F)cc2)cc1[N+](=O)[O-]. The molecule has 0 unspecified atom stereocenters. The zero-order valence-electron chi connectivity index (χ0n) is 12.0. The summed E-state index contributed by atoms with van der Waals surface area (Å²) >= 11 is 0. The van der Waals surface area contributed by atoms with Crippen LogP contribution in [0.25, 0.3) is 0 Å². The molecule has 5 heteroatoms. The van der Waals surface area contributed by atoms with Gasteiger partial charge in [0.25, 0.3) is 5.69 Å². The van der Waals surface area contributed by atoms with Crippen LogP contribution in [0, 0.1) is 22.9 Å². The first-order valence-corrected chi connectivity index (χ1v) is 6.70. The quantitative estimate of drug-likeness (QED) is 0.670. The van der Waals surface area contributed by atoms with E-state index in [4.69, 9.17) is 0 Å². The summed E-state index contributed by atoms with van der Waals surface area (Å²) in [5, 5.41) is 14.2. The van der Waals surface area contributed by atoms with E-state index in [-0.39, 0.29) is 22.5 Å². The third kappa shape index (κ3) is 3.86. The Balaban J connectivity index is 2.04. The second-order valence-corrected chi connectivity index (χ2v) is 5.03. The molecule has 0 radical (unpaired) electrons. The van der Waals surface area contributed by atoms with E-state index >= 15 is 0 Å². The van der Waals surface area contributed by atoms with Gasteiger partial charge in [0.2, 0.25) is 0 Å². The Morgan fingerprint density at radius 2 is 1.90 bits per heavy atom. The molecule has 0 saturated heterocycles. The van der Waals surface area contributed by atoms with E-state index in [0.717, 1.165) is 11.1 Å². The van der Waals surface area contributed by atoms with Gasteiger partial charge in [0.15, 0.2) is 0 Å². The van der Waals surface area contributed by atoms with Gasteiger partial charge >= 0.3 is 0 Å². The number of hydrogen-bond donors (Lipinski definition) is 1. The minimum Gasteiger partial charge on any atom is -0.306 e. The van der Waals surface area contributed by atoms with E-state index in [1.165, 1.54) is 12.1 Å². The molecule has 0 aliphatic heterocycles. The van der Waals surface area contributed by atoms with Gasteiger partial charge in [-0.1, -0.05) is 24.3 Å². The topological polar surface area (TPSA) is 55.2 Å². The number of halogens is 1. The van der Waals surface area contributed by atoms with Crippen LogP contribution in [0.5, 0.6) is 0 Å². The lowest BCUT2D eigenvalue weighted by atomic mass is 10.1. The van der Waals surface area contributed by atoms with Gasteiger partial charge in [0, 0.05) is 24.2 Å². The Hall–Kier alpha value is -2.27. The summed E-state index contributed by atoms with van der Waals surface area (Å²) in [7, 11) is 0. The number of nitro groups is 1. The van der Waals surface area contributed by atoms with Crippen LogP contribution in [-0.2, 0) is 6.54 Å². The van der Waals surface area contributed by atoms with E-state index in [9.17, 15) is 14.5 Å². The number of hydrogen-bond acceptors (Lipinski definition) is 3. The summed E-state index contributed by atoms with van der Waals surface area (Å²) in [6, 6.07) is 11.5. The average molecular weight is 288 g/mol. The monoisotopic (exact) mass is 288 g/mol. The number of aryl methyl sites for hydroxylation is 1. The maximum atomic E-state index is 12.9. The number of nitrogens with zero attached hydrogens (tertiary/aromatic N) is 1. The predicted molar refractivity (Wildman–Crippen MR) is 79.5 cm³/mol. The molecule has 0 heterocycles. The first-order chi connectivity index (χ1) is 9.97. The summed E-state index contributed by atoms with van der Waals surface area (Å²) in [6.45, 7) is 4.20. The second kappa shape index (κ2) is 6.45. The summed E-state index contributed by atoms with van der Waals surface area (Å²) in [5.41, 5.74) is 2.60. The molecule has 0 bridgehead atoms. The van der Waals surface area contributed by atoms with Crippen molar-refractivity contribution in [2.24, 2.45) is 0 Å². The van der Waals surface area contributed by atoms with Crippen LogP contribution >= 0.6 is 0 Å². The summed E-state index contributed by atoms with van der Waals surface area (Å²) in [4.78, 5) is 10.5. The summed E-state index contributed by atoms with van der Waals surface area (Å²) < 4.78 is 12.9. The number of nitrogens with one attached hydrogen (secondary N) is 1. The van der Waals surface area contributed by atoms with Crippen molar-refractivity contribution >= 4 is 5.69 Å². The standard InChI is InChI=1S/C16H17FN2O2/c1-11-3-4-13(9-16(11)19(20)21)10-18-12(2)14-5-7-15(17)8-6-14/h3-9,12,18H,10H2,1-2H3/t12-/m0/s1. The number of nitro benzene ring substituents is 1. The molecule has 0 aliphatic carbocycles. The number of rotatable bonds is 5. The summed E-state index contributed by atoms with van der Waals surface area (Å²) in [5.74, 6) is -0.264. The van der Waals surface area contributed by atoms with Crippen LogP contribution in [0.3, 0.4) is 0 Å². The van der Waals surface area contributed by atoms with Crippen LogP contribution in [0.15, 0.2) is 42.5 Å². The molecule has 0 amide bonds. The molecule has 110 valence electrons. The maximum Gasteiger partial charge on any atom is 0.272 e. The Labute approximate surface area is 122 Å². The first-order valence-electron chi connectivity index (χ1n) is 6.70. The molecule has 0 fully saturated rings. The highest BCUT2D eigenvalue weighted by Gasteiger charge is 2.11. The minimum atomic E-state index is -0.373. The molecule has 1 N–H and O–H groups in total. The maximum absolute atomic E-state index is 12.9. The third-order valence-corrected chi connectivity index (χ3v) is 3.45. The van der Waals surface area contributed by atoms with Gasteiger partial charge < -0.3 is 5.32 Å². The Kier molecular flexibility index (Phi) is 4.65. The van der Waals surface area contributed by atoms with Crippen LogP contribution in [0.1, 0.15) is 29.7 Å². The highest BCUT2D eigenvalue weighted by Crippen LogP contribution is 2.20. The Bertz CT molecular complexity index is 641. The zero-order chi connectivity index (χ0) is 15.4. The third-order valence-electron chi connectivity index (χ3n) is 3.45. The van der Waals surface area contributed by atoms with Gasteiger partial charge in [-0.3, -0.25) is 10.1 Å². The van der Waals surface area contributed by atoms with Crippen LogP contribution in [-0.4, -0.2) is 4.92 Å². The van der Waals surface area contributed by atoms with Gasteiger partial charge in [-0.25, -0.2) is 4.39 Å². The minimum absolute atomic E-state index is 0.0333. The average Bonchev–Trinajstić information content (AvgIpc) is 2.46. The van der Waals surface area contributed by atoms with Gasteiger partial charge in [-0.15, -0.1) is 0 Å². The van der Waals surface area contributed by atoms with Crippen molar-refractivity contribution in [2.75, 3.05) is 0 Å². The van der Waals surface area contributed by atoms with E-state index in [2.05, 4.69) is 5.32 Å². The predicted octanol–water partition coefficient (Wildman–Crippen LogP) is 3.89. The van der Waals surface area contributed by atoms with Crippen molar-refractivity contribution in [3.8, 4) is 0 Å². The highest BCUT2D eigenvalue weighted by molar-refractivity contribution is 5.42.